The van der Waals surface area contributed by atoms with Crippen molar-refractivity contribution in [3.8, 4) is 0 Å². The first-order chi connectivity index (χ1) is 10.0. The number of nitrogens with zero attached hydrogens (tertiary/aromatic N) is 1. The summed E-state index contributed by atoms with van der Waals surface area (Å²) in [6, 6.07) is 10.8. The van der Waals surface area contributed by atoms with Crippen LogP contribution in [0.3, 0.4) is 0 Å². The van der Waals surface area contributed by atoms with Crippen molar-refractivity contribution in [2.75, 3.05) is 5.32 Å². The van der Waals surface area contributed by atoms with Gasteiger partial charge in [-0.3, -0.25) is 4.79 Å². The van der Waals surface area contributed by atoms with Gasteiger partial charge in [-0.2, -0.15) is 0 Å². The Kier molecular flexibility index (Phi) is 4.73. The van der Waals surface area contributed by atoms with Crippen LogP contribution >= 0.6 is 22.6 Å². The predicted molar refractivity (Wildman–Crippen MR) is 86.0 cm³/mol. The largest absolute Gasteiger partial charge is 0.409 e. The predicted octanol–water partition coefficient (Wildman–Crippen LogP) is 2.78. The molecule has 0 aromatic heterocycles. The number of amidine groups is 1. The summed E-state index contributed by atoms with van der Waals surface area (Å²) >= 11 is 2.09. The van der Waals surface area contributed by atoms with E-state index in [1.165, 1.54) is 12.1 Å². The van der Waals surface area contributed by atoms with E-state index in [9.17, 15) is 9.18 Å². The lowest BCUT2D eigenvalue weighted by molar-refractivity contribution is 0.102. The molecule has 0 bridgehead atoms. The van der Waals surface area contributed by atoms with Crippen LogP contribution < -0.4 is 11.1 Å². The van der Waals surface area contributed by atoms with Gasteiger partial charge in [-0.1, -0.05) is 11.2 Å². The third kappa shape index (κ3) is 3.69. The molecule has 0 aliphatic rings. The van der Waals surface area contributed by atoms with Crippen LogP contribution in [0.5, 0.6) is 0 Å². The number of rotatable bonds is 3. The highest BCUT2D eigenvalue weighted by Gasteiger charge is 2.11. The molecule has 0 saturated carbocycles. The number of nitrogens with two attached hydrogens (primary N) is 1. The van der Waals surface area contributed by atoms with Crippen molar-refractivity contribution >= 4 is 40.0 Å². The zero-order valence-corrected chi connectivity index (χ0v) is 12.8. The van der Waals surface area contributed by atoms with E-state index < -0.39 is 11.7 Å². The van der Waals surface area contributed by atoms with Crippen LogP contribution in [0.15, 0.2) is 47.6 Å². The zero-order chi connectivity index (χ0) is 15.4. The Morgan fingerprint density at radius 2 is 2.00 bits per heavy atom. The average Bonchev–Trinajstić information content (AvgIpc) is 2.48. The molecule has 0 saturated heterocycles. The van der Waals surface area contributed by atoms with E-state index in [-0.39, 0.29) is 17.1 Å². The summed E-state index contributed by atoms with van der Waals surface area (Å²) in [6.07, 6.45) is 0. The summed E-state index contributed by atoms with van der Waals surface area (Å²) in [4.78, 5) is 12.0. The van der Waals surface area contributed by atoms with E-state index in [4.69, 9.17) is 10.9 Å². The quantitative estimate of drug-likeness (QED) is 0.244. The number of hydrogen-bond acceptors (Lipinski definition) is 3. The number of oxime groups is 1. The molecule has 21 heavy (non-hydrogen) atoms. The molecule has 1 amide bonds. The molecule has 2 rings (SSSR count). The molecule has 0 heterocycles. The minimum Gasteiger partial charge on any atom is -0.409 e. The van der Waals surface area contributed by atoms with Gasteiger partial charge in [0.2, 0.25) is 0 Å². The van der Waals surface area contributed by atoms with Gasteiger partial charge >= 0.3 is 0 Å². The summed E-state index contributed by atoms with van der Waals surface area (Å²) in [6.45, 7) is 0. The molecule has 0 radical (unpaired) electrons. The monoisotopic (exact) mass is 399 g/mol. The van der Waals surface area contributed by atoms with E-state index in [1.54, 1.807) is 18.2 Å². The Bertz CT molecular complexity index is 719. The maximum Gasteiger partial charge on any atom is 0.255 e. The second kappa shape index (κ2) is 6.53. The highest BCUT2D eigenvalue weighted by atomic mass is 127. The molecule has 7 heteroatoms. The lowest BCUT2D eigenvalue weighted by Crippen LogP contribution is -2.16. The van der Waals surface area contributed by atoms with Crippen molar-refractivity contribution in [2.24, 2.45) is 10.9 Å². The number of hydrogen-bond donors (Lipinski definition) is 3. The van der Waals surface area contributed by atoms with Gasteiger partial charge in [0.15, 0.2) is 5.84 Å². The molecule has 0 spiro atoms. The minimum absolute atomic E-state index is 0.0216. The molecule has 0 aliphatic carbocycles. The van der Waals surface area contributed by atoms with Gasteiger partial charge in [-0.05, 0) is 59.0 Å². The average molecular weight is 399 g/mol. The summed E-state index contributed by atoms with van der Waals surface area (Å²) in [5.41, 5.74) is 6.05. The smallest absolute Gasteiger partial charge is 0.255 e. The topological polar surface area (TPSA) is 87.7 Å². The Morgan fingerprint density at radius 3 is 2.62 bits per heavy atom. The number of carbonyl (C=O) groups excluding carboxylic acids is 1. The summed E-state index contributed by atoms with van der Waals surface area (Å²) < 4.78 is 14.8. The maximum absolute atomic E-state index is 13.9. The van der Waals surface area contributed by atoms with Crippen molar-refractivity contribution < 1.29 is 14.4 Å². The zero-order valence-electron chi connectivity index (χ0n) is 10.7. The van der Waals surface area contributed by atoms with E-state index in [0.717, 1.165) is 9.64 Å². The van der Waals surface area contributed by atoms with Crippen molar-refractivity contribution in [2.45, 2.75) is 0 Å². The molecule has 2 aromatic carbocycles. The maximum atomic E-state index is 13.9. The van der Waals surface area contributed by atoms with Gasteiger partial charge < -0.3 is 16.3 Å². The van der Waals surface area contributed by atoms with Crippen LogP contribution in [-0.4, -0.2) is 17.0 Å². The molecular weight excluding hydrogens is 388 g/mol. The molecule has 0 fully saturated rings. The number of benzene rings is 2. The molecule has 0 atom stereocenters. The number of amides is 1. The summed E-state index contributed by atoms with van der Waals surface area (Å²) in [5.74, 6) is -1.29. The Hall–Kier alpha value is -2.16. The fourth-order valence-electron chi connectivity index (χ4n) is 1.66. The summed E-state index contributed by atoms with van der Waals surface area (Å²) in [7, 11) is 0. The molecule has 108 valence electrons. The van der Waals surface area contributed by atoms with Gasteiger partial charge in [0.25, 0.3) is 5.91 Å². The normalized spacial score (nSPS) is 11.2. The lowest BCUT2D eigenvalue weighted by Gasteiger charge is -2.08. The first kappa shape index (κ1) is 15.2. The number of anilines is 1. The molecule has 4 N–H and O–H groups in total. The van der Waals surface area contributed by atoms with Gasteiger partial charge in [0, 0.05) is 14.7 Å². The van der Waals surface area contributed by atoms with E-state index in [0.29, 0.717) is 5.56 Å². The van der Waals surface area contributed by atoms with E-state index in [2.05, 4.69) is 33.1 Å². The van der Waals surface area contributed by atoms with Crippen LogP contribution in [0.4, 0.5) is 10.1 Å². The van der Waals surface area contributed by atoms with Crippen LogP contribution in [0, 0.1) is 9.39 Å². The van der Waals surface area contributed by atoms with E-state index >= 15 is 0 Å². The van der Waals surface area contributed by atoms with Crippen molar-refractivity contribution in [1.29, 1.82) is 0 Å². The second-order valence-corrected chi connectivity index (χ2v) is 5.39. The number of nitrogens with one attached hydrogen (secondary N) is 1. The van der Waals surface area contributed by atoms with Crippen LogP contribution in [0.2, 0.25) is 0 Å². The first-order valence-corrected chi connectivity index (χ1v) is 6.93. The van der Waals surface area contributed by atoms with E-state index in [1.807, 2.05) is 6.07 Å². The Balaban J connectivity index is 2.22. The standard InChI is InChI=1S/C14H11FIN3O2/c15-11-7-8(13(17)19-21)4-5-12(11)18-14(20)9-2-1-3-10(16)6-9/h1-7,21H,(H2,17,19)(H,18,20). The van der Waals surface area contributed by atoms with Gasteiger partial charge in [-0.25, -0.2) is 4.39 Å². The molecular formula is C14H11FIN3O2. The molecule has 2 aromatic rings. The van der Waals surface area contributed by atoms with Crippen molar-refractivity contribution in [3.63, 3.8) is 0 Å². The van der Waals surface area contributed by atoms with Crippen molar-refractivity contribution in [3.05, 3.63) is 63.0 Å². The third-order valence-electron chi connectivity index (χ3n) is 2.71. The fourth-order valence-corrected chi connectivity index (χ4v) is 2.20. The highest BCUT2D eigenvalue weighted by molar-refractivity contribution is 14.1. The minimum atomic E-state index is -0.668. The van der Waals surface area contributed by atoms with Gasteiger partial charge in [-0.15, -0.1) is 0 Å². The lowest BCUT2D eigenvalue weighted by atomic mass is 10.1. The number of halogens is 2. The Labute approximate surface area is 133 Å². The number of carbonyl (C=O) groups is 1. The molecule has 0 aliphatic heterocycles. The Morgan fingerprint density at radius 1 is 1.24 bits per heavy atom. The highest BCUT2D eigenvalue weighted by Crippen LogP contribution is 2.17. The molecule has 0 unspecified atom stereocenters. The van der Waals surface area contributed by atoms with Gasteiger partial charge in [0.1, 0.15) is 5.82 Å². The second-order valence-electron chi connectivity index (χ2n) is 4.14. The fraction of sp³-hybridized carbons (Fsp3) is 0. The van der Waals surface area contributed by atoms with Crippen molar-refractivity contribution in [1.82, 2.24) is 0 Å². The molecule has 5 nitrogen and oxygen atoms in total. The third-order valence-corrected chi connectivity index (χ3v) is 3.38. The van der Waals surface area contributed by atoms with Crippen LogP contribution in [-0.2, 0) is 0 Å². The van der Waals surface area contributed by atoms with Gasteiger partial charge in [0.05, 0.1) is 5.69 Å². The SMILES string of the molecule is N/C(=N/O)c1ccc(NC(=O)c2cccc(I)c2)c(F)c1. The summed E-state index contributed by atoms with van der Waals surface area (Å²) in [5, 5.41) is 13.8. The van der Waals surface area contributed by atoms with Crippen LogP contribution in [0.1, 0.15) is 15.9 Å². The van der Waals surface area contributed by atoms with Crippen LogP contribution in [0.25, 0.3) is 0 Å². The first-order valence-electron chi connectivity index (χ1n) is 5.85.